The summed E-state index contributed by atoms with van der Waals surface area (Å²) in [6, 6.07) is 8.16. The smallest absolute Gasteiger partial charge is 0.227 e. The molecule has 1 N–H and O–H groups in total. The molecule has 0 aromatic heterocycles. The van der Waals surface area contributed by atoms with E-state index in [9.17, 15) is 4.79 Å². The molecule has 1 aliphatic heterocycles. The number of amides is 1. The minimum absolute atomic E-state index is 0.223. The first kappa shape index (κ1) is 15.8. The van der Waals surface area contributed by atoms with Crippen LogP contribution in [0, 0.1) is 0 Å². The Morgan fingerprint density at radius 1 is 1.38 bits per heavy atom. The van der Waals surface area contributed by atoms with Gasteiger partial charge in [-0.25, -0.2) is 0 Å². The molecule has 1 aromatic rings. The normalized spacial score (nSPS) is 18.6. The van der Waals surface area contributed by atoms with Crippen LogP contribution in [0.25, 0.3) is 0 Å². The molecule has 1 aliphatic rings. The molecule has 0 bridgehead atoms. The van der Waals surface area contributed by atoms with E-state index in [4.69, 9.17) is 4.74 Å². The summed E-state index contributed by atoms with van der Waals surface area (Å²) in [5, 5.41) is 3.18. The summed E-state index contributed by atoms with van der Waals surface area (Å²) >= 11 is 0. The molecule has 2 rings (SSSR count). The number of para-hydroxylation sites is 1. The van der Waals surface area contributed by atoms with Crippen LogP contribution in [0.2, 0.25) is 0 Å². The van der Waals surface area contributed by atoms with Gasteiger partial charge in [-0.1, -0.05) is 18.2 Å². The van der Waals surface area contributed by atoms with Gasteiger partial charge in [0.2, 0.25) is 5.91 Å². The molecule has 1 fully saturated rings. The number of methoxy groups -OCH3 is 1. The van der Waals surface area contributed by atoms with Crippen molar-refractivity contribution in [1.82, 2.24) is 10.2 Å². The molecule has 116 valence electrons. The molecule has 21 heavy (non-hydrogen) atoms. The summed E-state index contributed by atoms with van der Waals surface area (Å²) < 4.78 is 5.34. The zero-order valence-corrected chi connectivity index (χ0v) is 13.1. The van der Waals surface area contributed by atoms with Crippen LogP contribution in [0.3, 0.4) is 0 Å². The lowest BCUT2D eigenvalue weighted by Crippen LogP contribution is -2.45. The minimum atomic E-state index is 0.223. The summed E-state index contributed by atoms with van der Waals surface area (Å²) in [4.78, 5) is 14.7. The fraction of sp³-hybridized carbons (Fsp3) is 0.588. The predicted molar refractivity (Wildman–Crippen MR) is 84.6 cm³/mol. The molecule has 1 unspecified atom stereocenters. The average molecular weight is 290 g/mol. The summed E-state index contributed by atoms with van der Waals surface area (Å²) in [6.45, 7) is 1.85. The second-order valence-electron chi connectivity index (χ2n) is 5.62. The van der Waals surface area contributed by atoms with Crippen molar-refractivity contribution in [3.05, 3.63) is 29.8 Å². The Kier molecular flexibility index (Phi) is 6.05. The molecule has 1 atom stereocenters. The van der Waals surface area contributed by atoms with E-state index in [-0.39, 0.29) is 5.91 Å². The maximum absolute atomic E-state index is 12.7. The van der Waals surface area contributed by atoms with Gasteiger partial charge < -0.3 is 15.0 Å². The maximum Gasteiger partial charge on any atom is 0.227 e. The Morgan fingerprint density at radius 2 is 2.19 bits per heavy atom. The SMILES string of the molecule is CNCCC1CCCCN1C(=O)Cc1ccccc1OC. The monoisotopic (exact) mass is 290 g/mol. The largest absolute Gasteiger partial charge is 0.496 e. The molecular formula is C17H26N2O2. The Balaban J connectivity index is 2.03. The van der Waals surface area contributed by atoms with Crippen LogP contribution in [-0.2, 0) is 11.2 Å². The van der Waals surface area contributed by atoms with Crippen molar-refractivity contribution >= 4 is 5.91 Å². The number of ether oxygens (including phenoxy) is 1. The van der Waals surface area contributed by atoms with Gasteiger partial charge in [-0.2, -0.15) is 0 Å². The van der Waals surface area contributed by atoms with Gasteiger partial charge >= 0.3 is 0 Å². The number of hydrogen-bond acceptors (Lipinski definition) is 3. The first-order valence-corrected chi connectivity index (χ1v) is 7.82. The third-order valence-electron chi connectivity index (χ3n) is 4.21. The van der Waals surface area contributed by atoms with Crippen LogP contribution in [0.5, 0.6) is 5.75 Å². The Labute approximate surface area is 127 Å². The second kappa shape index (κ2) is 8.03. The lowest BCUT2D eigenvalue weighted by molar-refractivity contribution is -0.134. The highest BCUT2D eigenvalue weighted by atomic mass is 16.5. The molecule has 0 aliphatic carbocycles. The summed E-state index contributed by atoms with van der Waals surface area (Å²) in [5.74, 6) is 1.02. The van der Waals surface area contributed by atoms with E-state index in [1.807, 2.05) is 31.3 Å². The lowest BCUT2D eigenvalue weighted by Gasteiger charge is -2.36. The van der Waals surface area contributed by atoms with Crippen LogP contribution in [-0.4, -0.2) is 44.1 Å². The first-order valence-electron chi connectivity index (χ1n) is 7.82. The molecule has 0 spiro atoms. The van der Waals surface area contributed by atoms with Gasteiger partial charge in [0.05, 0.1) is 13.5 Å². The Morgan fingerprint density at radius 3 is 2.95 bits per heavy atom. The quantitative estimate of drug-likeness (QED) is 0.873. The van der Waals surface area contributed by atoms with Crippen LogP contribution in [0.4, 0.5) is 0 Å². The van der Waals surface area contributed by atoms with Gasteiger partial charge in [-0.05, 0) is 45.3 Å². The zero-order valence-electron chi connectivity index (χ0n) is 13.1. The van der Waals surface area contributed by atoms with Gasteiger partial charge in [0.1, 0.15) is 5.75 Å². The van der Waals surface area contributed by atoms with Gasteiger partial charge in [0.25, 0.3) is 0 Å². The van der Waals surface area contributed by atoms with E-state index < -0.39 is 0 Å². The van der Waals surface area contributed by atoms with Crippen LogP contribution < -0.4 is 10.1 Å². The van der Waals surface area contributed by atoms with E-state index in [0.717, 1.165) is 43.7 Å². The summed E-state index contributed by atoms with van der Waals surface area (Å²) in [6.07, 6.45) is 4.94. The number of rotatable bonds is 6. The van der Waals surface area contributed by atoms with Crippen molar-refractivity contribution in [3.63, 3.8) is 0 Å². The number of likely N-dealkylation sites (tertiary alicyclic amines) is 1. The van der Waals surface area contributed by atoms with Crippen molar-refractivity contribution in [2.75, 3.05) is 27.2 Å². The van der Waals surface area contributed by atoms with Gasteiger partial charge in [-0.3, -0.25) is 4.79 Å². The standard InChI is InChI=1S/C17H26N2O2/c1-18-11-10-15-8-5-6-12-19(15)17(20)13-14-7-3-4-9-16(14)21-2/h3-4,7,9,15,18H,5-6,8,10-13H2,1-2H3. The number of nitrogens with zero attached hydrogens (tertiary/aromatic N) is 1. The number of piperidine rings is 1. The van der Waals surface area contributed by atoms with E-state index in [2.05, 4.69) is 10.2 Å². The van der Waals surface area contributed by atoms with Gasteiger partial charge in [0, 0.05) is 18.2 Å². The topological polar surface area (TPSA) is 41.6 Å². The van der Waals surface area contributed by atoms with Crippen molar-refractivity contribution in [2.45, 2.75) is 38.1 Å². The minimum Gasteiger partial charge on any atom is -0.496 e. The van der Waals surface area contributed by atoms with Crippen LogP contribution in [0.15, 0.2) is 24.3 Å². The molecule has 1 saturated heterocycles. The summed E-state index contributed by atoms with van der Waals surface area (Å²) in [5.41, 5.74) is 0.975. The molecule has 1 aromatic carbocycles. The fourth-order valence-electron chi connectivity index (χ4n) is 3.05. The number of carbonyl (C=O) groups is 1. The molecule has 1 heterocycles. The average Bonchev–Trinajstić information content (AvgIpc) is 2.53. The number of hydrogen-bond donors (Lipinski definition) is 1. The molecule has 4 heteroatoms. The first-order chi connectivity index (χ1) is 10.3. The highest BCUT2D eigenvalue weighted by Crippen LogP contribution is 2.23. The fourth-order valence-corrected chi connectivity index (χ4v) is 3.05. The van der Waals surface area contributed by atoms with Crippen molar-refractivity contribution in [2.24, 2.45) is 0 Å². The molecular weight excluding hydrogens is 264 g/mol. The highest BCUT2D eigenvalue weighted by Gasteiger charge is 2.26. The second-order valence-corrected chi connectivity index (χ2v) is 5.62. The van der Waals surface area contributed by atoms with Gasteiger partial charge in [0.15, 0.2) is 0 Å². The maximum atomic E-state index is 12.7. The van der Waals surface area contributed by atoms with E-state index in [1.165, 1.54) is 6.42 Å². The van der Waals surface area contributed by atoms with Crippen LogP contribution >= 0.6 is 0 Å². The Hall–Kier alpha value is -1.55. The van der Waals surface area contributed by atoms with E-state index in [1.54, 1.807) is 7.11 Å². The number of carbonyl (C=O) groups excluding carboxylic acids is 1. The molecule has 0 saturated carbocycles. The van der Waals surface area contributed by atoms with Crippen molar-refractivity contribution in [3.8, 4) is 5.75 Å². The zero-order chi connectivity index (χ0) is 15.1. The third kappa shape index (κ3) is 4.21. The molecule has 4 nitrogen and oxygen atoms in total. The number of nitrogens with one attached hydrogen (secondary N) is 1. The number of benzene rings is 1. The Bertz CT molecular complexity index is 462. The van der Waals surface area contributed by atoms with Crippen LogP contribution in [0.1, 0.15) is 31.2 Å². The van der Waals surface area contributed by atoms with Crippen molar-refractivity contribution in [1.29, 1.82) is 0 Å². The molecule has 0 radical (unpaired) electrons. The van der Waals surface area contributed by atoms with Crippen molar-refractivity contribution < 1.29 is 9.53 Å². The lowest BCUT2D eigenvalue weighted by atomic mass is 9.98. The summed E-state index contributed by atoms with van der Waals surface area (Å²) in [7, 11) is 3.61. The predicted octanol–water partition coefficient (Wildman–Crippen LogP) is 2.23. The highest BCUT2D eigenvalue weighted by molar-refractivity contribution is 5.80. The third-order valence-corrected chi connectivity index (χ3v) is 4.21. The molecule has 1 amide bonds. The van der Waals surface area contributed by atoms with E-state index in [0.29, 0.717) is 12.5 Å². The van der Waals surface area contributed by atoms with E-state index >= 15 is 0 Å². The van der Waals surface area contributed by atoms with Gasteiger partial charge in [-0.15, -0.1) is 0 Å².